The highest BCUT2D eigenvalue weighted by Crippen LogP contribution is 2.29. The second-order valence-electron chi connectivity index (χ2n) is 5.44. The van der Waals surface area contributed by atoms with E-state index in [9.17, 15) is 0 Å². The number of fused-ring (bicyclic) bond motifs is 1. The molecule has 88 valence electrons. The maximum atomic E-state index is 6.30. The van der Waals surface area contributed by atoms with E-state index in [0.717, 1.165) is 13.0 Å². The quantitative estimate of drug-likeness (QED) is 0.720. The Morgan fingerprint density at radius 3 is 2.67 bits per heavy atom. The number of hydrogen-bond donors (Lipinski definition) is 1. The first-order valence-corrected chi connectivity index (χ1v) is 6.65. The average Bonchev–Trinajstić information content (AvgIpc) is 2.21. The molecule has 1 aliphatic heterocycles. The van der Waals surface area contributed by atoms with Crippen LogP contribution in [0.4, 0.5) is 0 Å². The van der Waals surface area contributed by atoms with Gasteiger partial charge in [-0.3, -0.25) is 0 Å². The van der Waals surface area contributed by atoms with Crippen molar-refractivity contribution in [1.29, 1.82) is 0 Å². The van der Waals surface area contributed by atoms with Crippen LogP contribution in [-0.2, 0) is 4.74 Å². The molecular weight excluding hydrogens is 186 g/mol. The van der Waals surface area contributed by atoms with Gasteiger partial charge in [-0.05, 0) is 26.2 Å². The molecule has 1 aliphatic carbocycles. The fourth-order valence-corrected chi connectivity index (χ4v) is 2.79. The topological polar surface area (TPSA) is 21.3 Å². The monoisotopic (exact) mass is 211 g/mol. The van der Waals surface area contributed by atoms with E-state index < -0.39 is 0 Å². The molecule has 0 amide bonds. The molecule has 1 heterocycles. The molecule has 0 aromatic heterocycles. The lowest BCUT2D eigenvalue weighted by molar-refractivity contribution is -0.132. The number of rotatable bonds is 1. The van der Waals surface area contributed by atoms with Gasteiger partial charge in [-0.25, -0.2) is 0 Å². The molecule has 2 nitrogen and oxygen atoms in total. The maximum absolute atomic E-state index is 6.30. The predicted molar refractivity (Wildman–Crippen MR) is 63.1 cm³/mol. The van der Waals surface area contributed by atoms with Gasteiger partial charge in [0.2, 0.25) is 0 Å². The normalized spacial score (nSPS) is 42.8. The third-order valence-corrected chi connectivity index (χ3v) is 4.12. The van der Waals surface area contributed by atoms with Crippen molar-refractivity contribution in [2.24, 2.45) is 0 Å². The highest BCUT2D eigenvalue weighted by molar-refractivity contribution is 4.91. The highest BCUT2D eigenvalue weighted by atomic mass is 16.5. The molecule has 0 aromatic rings. The van der Waals surface area contributed by atoms with E-state index in [1.54, 1.807) is 0 Å². The summed E-state index contributed by atoms with van der Waals surface area (Å²) in [6.07, 6.45) is 9.69. The Bertz CT molecular complexity index is 207. The first-order chi connectivity index (χ1) is 7.23. The van der Waals surface area contributed by atoms with Crippen LogP contribution in [0.3, 0.4) is 0 Å². The van der Waals surface area contributed by atoms with Crippen LogP contribution in [0.15, 0.2) is 0 Å². The smallest absolute Gasteiger partial charge is 0.0780 e. The fraction of sp³-hybridized carbons (Fsp3) is 1.00. The second kappa shape index (κ2) is 4.84. The van der Waals surface area contributed by atoms with Crippen LogP contribution in [0.2, 0.25) is 0 Å². The SMILES string of the molecule is CCC1(C)CNC2CCCCCCC2O1. The van der Waals surface area contributed by atoms with Crippen LogP contribution in [0, 0.1) is 0 Å². The Morgan fingerprint density at radius 2 is 1.93 bits per heavy atom. The van der Waals surface area contributed by atoms with Crippen molar-refractivity contribution in [3.63, 3.8) is 0 Å². The minimum Gasteiger partial charge on any atom is -0.369 e. The van der Waals surface area contributed by atoms with Crippen molar-refractivity contribution in [1.82, 2.24) is 5.32 Å². The fourth-order valence-electron chi connectivity index (χ4n) is 2.79. The van der Waals surface area contributed by atoms with Gasteiger partial charge < -0.3 is 10.1 Å². The summed E-state index contributed by atoms with van der Waals surface area (Å²) >= 11 is 0. The summed E-state index contributed by atoms with van der Waals surface area (Å²) < 4.78 is 6.30. The summed E-state index contributed by atoms with van der Waals surface area (Å²) in [5.74, 6) is 0. The maximum Gasteiger partial charge on any atom is 0.0780 e. The summed E-state index contributed by atoms with van der Waals surface area (Å²) in [4.78, 5) is 0. The van der Waals surface area contributed by atoms with Crippen LogP contribution >= 0.6 is 0 Å². The van der Waals surface area contributed by atoms with Gasteiger partial charge in [-0.2, -0.15) is 0 Å². The Balaban J connectivity index is 1.97. The van der Waals surface area contributed by atoms with E-state index in [2.05, 4.69) is 19.2 Å². The van der Waals surface area contributed by atoms with Crippen molar-refractivity contribution in [2.45, 2.75) is 76.5 Å². The lowest BCUT2D eigenvalue weighted by atomic mass is 9.90. The van der Waals surface area contributed by atoms with Crippen LogP contribution in [0.5, 0.6) is 0 Å². The zero-order chi connectivity index (χ0) is 10.7. The predicted octanol–water partition coefficient (Wildman–Crippen LogP) is 2.87. The molecule has 2 rings (SSSR count). The number of ether oxygens (including phenoxy) is 1. The van der Waals surface area contributed by atoms with Gasteiger partial charge in [0.15, 0.2) is 0 Å². The van der Waals surface area contributed by atoms with Crippen LogP contribution in [-0.4, -0.2) is 24.3 Å². The summed E-state index contributed by atoms with van der Waals surface area (Å²) in [5.41, 5.74) is 0.0837. The molecular formula is C13H25NO. The molecule has 1 saturated heterocycles. The molecule has 3 atom stereocenters. The summed E-state index contributed by atoms with van der Waals surface area (Å²) in [7, 11) is 0. The van der Waals surface area contributed by atoms with Crippen molar-refractivity contribution in [3.8, 4) is 0 Å². The van der Waals surface area contributed by atoms with E-state index in [1.165, 1.54) is 38.5 Å². The molecule has 2 aliphatic rings. The Morgan fingerprint density at radius 1 is 1.20 bits per heavy atom. The third kappa shape index (κ3) is 2.73. The number of morpholine rings is 1. The van der Waals surface area contributed by atoms with Crippen LogP contribution < -0.4 is 5.32 Å². The molecule has 0 radical (unpaired) electrons. The van der Waals surface area contributed by atoms with Crippen molar-refractivity contribution >= 4 is 0 Å². The number of hydrogen-bond acceptors (Lipinski definition) is 2. The van der Waals surface area contributed by atoms with Crippen molar-refractivity contribution in [3.05, 3.63) is 0 Å². The molecule has 15 heavy (non-hydrogen) atoms. The molecule has 3 unspecified atom stereocenters. The lowest BCUT2D eigenvalue weighted by Gasteiger charge is -2.44. The zero-order valence-corrected chi connectivity index (χ0v) is 10.2. The van der Waals surface area contributed by atoms with Crippen LogP contribution in [0.1, 0.15) is 58.8 Å². The van der Waals surface area contributed by atoms with Gasteiger partial charge in [-0.1, -0.05) is 32.6 Å². The van der Waals surface area contributed by atoms with Gasteiger partial charge in [0.1, 0.15) is 0 Å². The number of nitrogens with one attached hydrogen (secondary N) is 1. The van der Waals surface area contributed by atoms with E-state index in [4.69, 9.17) is 4.74 Å². The largest absolute Gasteiger partial charge is 0.369 e. The molecule has 2 fully saturated rings. The minimum atomic E-state index is 0.0837. The molecule has 0 bridgehead atoms. The van der Waals surface area contributed by atoms with Gasteiger partial charge in [0.25, 0.3) is 0 Å². The Labute approximate surface area is 93.8 Å². The zero-order valence-electron chi connectivity index (χ0n) is 10.2. The average molecular weight is 211 g/mol. The highest BCUT2D eigenvalue weighted by Gasteiger charge is 2.36. The first kappa shape index (κ1) is 11.4. The van der Waals surface area contributed by atoms with Gasteiger partial charge in [0.05, 0.1) is 11.7 Å². The van der Waals surface area contributed by atoms with Gasteiger partial charge in [-0.15, -0.1) is 0 Å². The lowest BCUT2D eigenvalue weighted by Crippen LogP contribution is -2.57. The summed E-state index contributed by atoms with van der Waals surface area (Å²) in [5, 5.41) is 3.71. The first-order valence-electron chi connectivity index (χ1n) is 6.65. The molecule has 0 aromatic carbocycles. The van der Waals surface area contributed by atoms with E-state index in [0.29, 0.717) is 12.1 Å². The molecule has 2 heteroatoms. The molecule has 0 spiro atoms. The Kier molecular flexibility index (Phi) is 3.68. The van der Waals surface area contributed by atoms with Crippen molar-refractivity contribution < 1.29 is 4.74 Å². The second-order valence-corrected chi connectivity index (χ2v) is 5.44. The Hall–Kier alpha value is -0.0800. The van der Waals surface area contributed by atoms with Gasteiger partial charge in [0, 0.05) is 12.6 Å². The van der Waals surface area contributed by atoms with E-state index in [-0.39, 0.29) is 5.60 Å². The van der Waals surface area contributed by atoms with Crippen molar-refractivity contribution in [2.75, 3.05) is 6.54 Å². The minimum absolute atomic E-state index is 0.0837. The third-order valence-electron chi connectivity index (χ3n) is 4.12. The summed E-state index contributed by atoms with van der Waals surface area (Å²) in [6.45, 7) is 5.50. The van der Waals surface area contributed by atoms with Gasteiger partial charge >= 0.3 is 0 Å². The molecule has 1 saturated carbocycles. The summed E-state index contributed by atoms with van der Waals surface area (Å²) in [6, 6.07) is 0.630. The molecule has 1 N–H and O–H groups in total. The van der Waals surface area contributed by atoms with E-state index >= 15 is 0 Å². The van der Waals surface area contributed by atoms with Crippen LogP contribution in [0.25, 0.3) is 0 Å². The standard InChI is InChI=1S/C13H25NO/c1-3-13(2)10-14-11-8-6-4-5-7-9-12(11)15-13/h11-12,14H,3-10H2,1-2H3. The van der Waals surface area contributed by atoms with E-state index in [1.807, 2.05) is 0 Å².